The molecule has 2 N–H and O–H groups in total. The standard InChI is InChI=1S/C20H19Cl2N3O4/c1-29-14-5-2-12(3-6-14)11-25-19(27)17(24-20(25)28)8-9-18(26)23-13-4-7-15(21)16(22)10-13/h2-7,10,17H,8-9,11H2,1H3,(H,23,26)(H,24,28)/t17-/m1/s1. The van der Waals surface area contributed by atoms with E-state index in [-0.39, 0.29) is 31.2 Å². The molecule has 0 aliphatic carbocycles. The Morgan fingerprint density at radius 3 is 2.52 bits per heavy atom. The van der Waals surface area contributed by atoms with Crippen molar-refractivity contribution in [3.8, 4) is 5.75 Å². The number of rotatable bonds is 7. The number of anilines is 1. The fourth-order valence-corrected chi connectivity index (χ4v) is 3.21. The van der Waals surface area contributed by atoms with Crippen LogP contribution < -0.4 is 15.4 Å². The molecule has 2 aromatic rings. The van der Waals surface area contributed by atoms with E-state index >= 15 is 0 Å². The Hall–Kier alpha value is -2.77. The number of hydrogen-bond acceptors (Lipinski definition) is 4. The first kappa shape index (κ1) is 21.0. The molecule has 29 heavy (non-hydrogen) atoms. The van der Waals surface area contributed by atoms with Crippen LogP contribution in [0.25, 0.3) is 0 Å². The summed E-state index contributed by atoms with van der Waals surface area (Å²) in [6.07, 6.45) is 0.254. The van der Waals surface area contributed by atoms with Crippen molar-refractivity contribution in [3.63, 3.8) is 0 Å². The van der Waals surface area contributed by atoms with E-state index in [4.69, 9.17) is 27.9 Å². The molecule has 1 heterocycles. The maximum Gasteiger partial charge on any atom is 0.325 e. The second kappa shape index (κ2) is 9.15. The number of urea groups is 1. The second-order valence-corrected chi connectivity index (χ2v) is 7.30. The quantitative estimate of drug-likeness (QED) is 0.646. The van der Waals surface area contributed by atoms with Gasteiger partial charge in [-0.15, -0.1) is 0 Å². The Balaban J connectivity index is 1.53. The molecule has 0 aromatic heterocycles. The van der Waals surface area contributed by atoms with Crippen molar-refractivity contribution in [2.24, 2.45) is 0 Å². The number of carbonyl (C=O) groups is 3. The number of nitrogens with zero attached hydrogens (tertiary/aromatic N) is 1. The second-order valence-electron chi connectivity index (χ2n) is 6.49. The molecule has 3 rings (SSSR count). The number of methoxy groups -OCH3 is 1. The van der Waals surface area contributed by atoms with E-state index < -0.39 is 12.1 Å². The van der Waals surface area contributed by atoms with Gasteiger partial charge < -0.3 is 15.4 Å². The number of halogens is 2. The lowest BCUT2D eigenvalue weighted by atomic mass is 10.1. The van der Waals surface area contributed by atoms with E-state index in [9.17, 15) is 14.4 Å². The molecule has 4 amide bonds. The number of nitrogens with one attached hydrogen (secondary N) is 2. The zero-order valence-electron chi connectivity index (χ0n) is 15.6. The highest BCUT2D eigenvalue weighted by molar-refractivity contribution is 6.42. The van der Waals surface area contributed by atoms with Crippen LogP contribution in [-0.2, 0) is 16.1 Å². The largest absolute Gasteiger partial charge is 0.497 e. The fourth-order valence-electron chi connectivity index (χ4n) is 2.91. The molecule has 7 nitrogen and oxygen atoms in total. The van der Waals surface area contributed by atoms with Crippen LogP contribution in [0.15, 0.2) is 42.5 Å². The molecule has 0 saturated carbocycles. The summed E-state index contributed by atoms with van der Waals surface area (Å²) >= 11 is 11.8. The molecule has 9 heteroatoms. The monoisotopic (exact) mass is 435 g/mol. The highest BCUT2D eigenvalue weighted by Crippen LogP contribution is 2.25. The van der Waals surface area contributed by atoms with Crippen LogP contribution in [0.1, 0.15) is 18.4 Å². The molecule has 1 saturated heterocycles. The van der Waals surface area contributed by atoms with Crippen LogP contribution in [0.4, 0.5) is 10.5 Å². The average Bonchev–Trinajstić information content (AvgIpc) is 2.97. The summed E-state index contributed by atoms with van der Waals surface area (Å²) in [6.45, 7) is 0.153. The van der Waals surface area contributed by atoms with Crippen LogP contribution in [-0.4, -0.2) is 35.9 Å². The minimum absolute atomic E-state index is 0.0628. The average molecular weight is 436 g/mol. The van der Waals surface area contributed by atoms with E-state index in [1.165, 1.54) is 0 Å². The predicted octanol–water partition coefficient (Wildman–Crippen LogP) is 3.84. The van der Waals surface area contributed by atoms with Crippen LogP contribution in [0.2, 0.25) is 10.0 Å². The van der Waals surface area contributed by atoms with Gasteiger partial charge in [-0.3, -0.25) is 14.5 Å². The molecule has 1 atom stereocenters. The van der Waals surface area contributed by atoms with Crippen molar-refractivity contribution in [1.29, 1.82) is 0 Å². The SMILES string of the molecule is COc1ccc(CN2C(=O)N[C@H](CCC(=O)Nc3ccc(Cl)c(Cl)c3)C2=O)cc1. The van der Waals surface area contributed by atoms with Gasteiger partial charge in [-0.25, -0.2) is 4.79 Å². The first-order valence-corrected chi connectivity index (χ1v) is 9.62. The molecular weight excluding hydrogens is 417 g/mol. The molecule has 1 aliphatic heterocycles. The van der Waals surface area contributed by atoms with Crippen LogP contribution in [0, 0.1) is 0 Å². The zero-order valence-corrected chi connectivity index (χ0v) is 17.1. The smallest absolute Gasteiger partial charge is 0.325 e. The number of imide groups is 1. The number of benzene rings is 2. The lowest BCUT2D eigenvalue weighted by Crippen LogP contribution is -2.31. The Morgan fingerprint density at radius 1 is 1.14 bits per heavy atom. The Morgan fingerprint density at radius 2 is 1.86 bits per heavy atom. The molecule has 1 fully saturated rings. The molecule has 0 spiro atoms. The molecular formula is C20H19Cl2N3O4. The maximum absolute atomic E-state index is 12.6. The van der Waals surface area contributed by atoms with Gasteiger partial charge in [0.25, 0.3) is 5.91 Å². The van der Waals surface area contributed by atoms with Crippen LogP contribution in [0.3, 0.4) is 0 Å². The van der Waals surface area contributed by atoms with Crippen molar-refractivity contribution < 1.29 is 19.1 Å². The van der Waals surface area contributed by atoms with Gasteiger partial charge in [0.05, 0.1) is 23.7 Å². The van der Waals surface area contributed by atoms with Gasteiger partial charge in [0.1, 0.15) is 11.8 Å². The zero-order chi connectivity index (χ0) is 21.0. The topological polar surface area (TPSA) is 87.7 Å². The maximum atomic E-state index is 12.6. The van der Waals surface area contributed by atoms with Crippen molar-refractivity contribution >= 4 is 46.7 Å². The molecule has 152 valence electrons. The van der Waals surface area contributed by atoms with Gasteiger partial charge in [-0.2, -0.15) is 0 Å². The van der Waals surface area contributed by atoms with Crippen molar-refractivity contribution in [2.45, 2.75) is 25.4 Å². The van der Waals surface area contributed by atoms with Gasteiger partial charge >= 0.3 is 6.03 Å². The Labute approximate surface area is 177 Å². The van der Waals surface area contributed by atoms with E-state index in [0.29, 0.717) is 21.5 Å². The summed E-state index contributed by atoms with van der Waals surface area (Å²) < 4.78 is 5.10. The molecule has 0 unspecified atom stereocenters. The fraction of sp³-hybridized carbons (Fsp3) is 0.250. The number of hydrogen-bond donors (Lipinski definition) is 2. The number of amides is 4. The van der Waals surface area contributed by atoms with E-state index in [1.54, 1.807) is 49.6 Å². The Kier molecular flexibility index (Phi) is 6.61. The highest BCUT2D eigenvalue weighted by Gasteiger charge is 2.37. The van der Waals surface area contributed by atoms with Crippen molar-refractivity contribution in [3.05, 3.63) is 58.1 Å². The van der Waals surface area contributed by atoms with E-state index in [2.05, 4.69) is 10.6 Å². The summed E-state index contributed by atoms with van der Waals surface area (Å²) in [5, 5.41) is 6.04. The minimum Gasteiger partial charge on any atom is -0.497 e. The van der Waals surface area contributed by atoms with Crippen LogP contribution >= 0.6 is 23.2 Å². The van der Waals surface area contributed by atoms with Gasteiger partial charge in [0.2, 0.25) is 5.91 Å². The number of carbonyl (C=O) groups excluding carboxylic acids is 3. The number of ether oxygens (including phenoxy) is 1. The normalized spacial score (nSPS) is 16.0. The molecule has 0 radical (unpaired) electrons. The van der Waals surface area contributed by atoms with Gasteiger partial charge in [-0.05, 0) is 42.3 Å². The molecule has 0 bridgehead atoms. The third kappa shape index (κ3) is 5.19. The van der Waals surface area contributed by atoms with Crippen molar-refractivity contribution in [2.75, 3.05) is 12.4 Å². The summed E-state index contributed by atoms with van der Waals surface area (Å²) in [6, 6.07) is 10.6. The van der Waals surface area contributed by atoms with E-state index in [1.807, 2.05) is 0 Å². The minimum atomic E-state index is -0.736. The highest BCUT2D eigenvalue weighted by atomic mass is 35.5. The first-order valence-electron chi connectivity index (χ1n) is 8.87. The summed E-state index contributed by atoms with van der Waals surface area (Å²) in [4.78, 5) is 38.0. The third-order valence-corrected chi connectivity index (χ3v) is 5.21. The summed E-state index contributed by atoms with van der Waals surface area (Å²) in [5.41, 5.74) is 1.31. The van der Waals surface area contributed by atoms with Gasteiger partial charge in [0, 0.05) is 12.1 Å². The molecule has 1 aliphatic rings. The Bertz CT molecular complexity index is 934. The predicted molar refractivity (Wildman–Crippen MR) is 110 cm³/mol. The van der Waals surface area contributed by atoms with E-state index in [0.717, 1.165) is 10.5 Å². The van der Waals surface area contributed by atoms with Gasteiger partial charge in [0.15, 0.2) is 0 Å². The van der Waals surface area contributed by atoms with Crippen LogP contribution in [0.5, 0.6) is 5.75 Å². The third-order valence-electron chi connectivity index (χ3n) is 4.47. The lowest BCUT2D eigenvalue weighted by Gasteiger charge is -2.13. The van der Waals surface area contributed by atoms with Gasteiger partial charge in [-0.1, -0.05) is 35.3 Å². The lowest BCUT2D eigenvalue weighted by molar-refractivity contribution is -0.128. The molecule has 2 aromatic carbocycles. The van der Waals surface area contributed by atoms with Crippen molar-refractivity contribution in [1.82, 2.24) is 10.2 Å². The summed E-state index contributed by atoms with van der Waals surface area (Å²) in [5.74, 6) is 0.0454. The first-order chi connectivity index (χ1) is 13.9. The summed E-state index contributed by atoms with van der Waals surface area (Å²) in [7, 11) is 1.56.